The van der Waals surface area contributed by atoms with Crippen molar-refractivity contribution in [3.05, 3.63) is 58.7 Å². The SMILES string of the molecule is O=C(Cc1csc(-c2cccs2)n1)N1CCN(S(=O)(=O)c2ccc(F)cc2)CC1. The van der Waals surface area contributed by atoms with E-state index in [0.717, 1.165) is 27.7 Å². The molecule has 0 N–H and O–H groups in total. The molecule has 3 heterocycles. The number of sulfonamides is 1. The summed E-state index contributed by atoms with van der Waals surface area (Å²) in [7, 11) is -3.69. The molecule has 0 unspecified atom stereocenters. The third-order valence-electron chi connectivity index (χ3n) is 4.66. The van der Waals surface area contributed by atoms with Crippen LogP contribution in [0, 0.1) is 5.82 Å². The molecule has 3 aromatic rings. The average Bonchev–Trinajstić information content (AvgIpc) is 3.40. The van der Waals surface area contributed by atoms with Crippen LogP contribution >= 0.6 is 22.7 Å². The van der Waals surface area contributed by atoms with Crippen molar-refractivity contribution in [3.63, 3.8) is 0 Å². The number of aromatic nitrogens is 1. The Kier molecular flexibility index (Phi) is 5.77. The van der Waals surface area contributed by atoms with Crippen molar-refractivity contribution in [3.8, 4) is 9.88 Å². The van der Waals surface area contributed by atoms with E-state index in [9.17, 15) is 17.6 Å². The minimum atomic E-state index is -3.69. The van der Waals surface area contributed by atoms with E-state index in [1.807, 2.05) is 22.9 Å². The van der Waals surface area contributed by atoms with Crippen LogP contribution in [0.15, 0.2) is 52.1 Å². The van der Waals surface area contributed by atoms with Gasteiger partial charge in [0.25, 0.3) is 0 Å². The Morgan fingerprint density at radius 3 is 2.45 bits per heavy atom. The molecule has 10 heteroatoms. The van der Waals surface area contributed by atoms with E-state index in [1.54, 1.807) is 16.2 Å². The fraction of sp³-hybridized carbons (Fsp3) is 0.263. The summed E-state index contributed by atoms with van der Waals surface area (Å²) < 4.78 is 39.7. The smallest absolute Gasteiger partial charge is 0.243 e. The van der Waals surface area contributed by atoms with Crippen molar-refractivity contribution < 1.29 is 17.6 Å². The lowest BCUT2D eigenvalue weighted by Gasteiger charge is -2.34. The van der Waals surface area contributed by atoms with Gasteiger partial charge in [-0.2, -0.15) is 4.31 Å². The molecule has 0 saturated carbocycles. The molecule has 1 aliphatic heterocycles. The monoisotopic (exact) mass is 451 g/mol. The molecule has 1 aliphatic rings. The Morgan fingerprint density at radius 1 is 1.07 bits per heavy atom. The Labute approximate surface area is 176 Å². The van der Waals surface area contributed by atoms with Gasteiger partial charge in [0.15, 0.2) is 0 Å². The lowest BCUT2D eigenvalue weighted by atomic mass is 10.2. The van der Waals surface area contributed by atoms with E-state index in [2.05, 4.69) is 4.98 Å². The maximum atomic E-state index is 13.1. The lowest BCUT2D eigenvalue weighted by Crippen LogP contribution is -2.50. The van der Waals surface area contributed by atoms with Crippen molar-refractivity contribution in [2.24, 2.45) is 0 Å². The molecular weight excluding hydrogens is 433 g/mol. The van der Waals surface area contributed by atoms with Crippen LogP contribution in [0.1, 0.15) is 5.69 Å². The van der Waals surface area contributed by atoms with Crippen LogP contribution in [0.2, 0.25) is 0 Å². The zero-order valence-corrected chi connectivity index (χ0v) is 17.8. The molecule has 152 valence electrons. The molecule has 0 atom stereocenters. The molecule has 0 aliphatic carbocycles. The molecular formula is C19H18FN3O3S3. The summed E-state index contributed by atoms with van der Waals surface area (Å²) >= 11 is 3.12. The highest BCUT2D eigenvalue weighted by Crippen LogP contribution is 2.28. The summed E-state index contributed by atoms with van der Waals surface area (Å²) in [4.78, 5) is 19.9. The molecule has 0 radical (unpaired) electrons. The number of benzene rings is 1. The van der Waals surface area contributed by atoms with E-state index in [1.165, 1.54) is 27.8 Å². The number of hydrogen-bond acceptors (Lipinski definition) is 6. The van der Waals surface area contributed by atoms with Gasteiger partial charge in [0.05, 0.1) is 21.9 Å². The normalized spacial score (nSPS) is 15.6. The van der Waals surface area contributed by atoms with Gasteiger partial charge < -0.3 is 4.90 Å². The summed E-state index contributed by atoms with van der Waals surface area (Å²) in [5.41, 5.74) is 0.727. The van der Waals surface area contributed by atoms with E-state index in [0.29, 0.717) is 13.1 Å². The summed E-state index contributed by atoms with van der Waals surface area (Å²) in [6.45, 7) is 1.06. The van der Waals surface area contributed by atoms with Gasteiger partial charge >= 0.3 is 0 Å². The number of carbonyl (C=O) groups excluding carboxylic acids is 1. The lowest BCUT2D eigenvalue weighted by molar-refractivity contribution is -0.131. The van der Waals surface area contributed by atoms with Crippen LogP contribution in [0.25, 0.3) is 9.88 Å². The van der Waals surface area contributed by atoms with Crippen molar-refractivity contribution >= 4 is 38.6 Å². The van der Waals surface area contributed by atoms with E-state index in [4.69, 9.17) is 0 Å². The van der Waals surface area contributed by atoms with Gasteiger partial charge in [0.2, 0.25) is 15.9 Å². The van der Waals surface area contributed by atoms with Crippen molar-refractivity contribution in [2.75, 3.05) is 26.2 Å². The number of rotatable bonds is 5. The van der Waals surface area contributed by atoms with Gasteiger partial charge in [-0.15, -0.1) is 22.7 Å². The standard InChI is InChI=1S/C19H18FN3O3S3/c20-14-3-5-16(6-4-14)29(25,26)23-9-7-22(8-10-23)18(24)12-15-13-28-19(21-15)17-2-1-11-27-17/h1-6,11,13H,7-10,12H2. The molecule has 0 spiro atoms. The Balaban J connectivity index is 1.35. The highest BCUT2D eigenvalue weighted by Gasteiger charge is 2.30. The Hall–Kier alpha value is -2.14. The predicted molar refractivity (Wildman–Crippen MR) is 111 cm³/mol. The fourth-order valence-corrected chi connectivity index (χ4v) is 6.16. The quantitative estimate of drug-likeness (QED) is 0.598. The number of halogens is 1. The first-order valence-electron chi connectivity index (χ1n) is 8.95. The Morgan fingerprint density at radius 2 is 1.79 bits per heavy atom. The summed E-state index contributed by atoms with van der Waals surface area (Å²) in [5.74, 6) is -0.546. The third kappa shape index (κ3) is 4.40. The number of thiophene rings is 1. The van der Waals surface area contributed by atoms with Crippen molar-refractivity contribution in [2.45, 2.75) is 11.3 Å². The molecule has 1 amide bonds. The molecule has 29 heavy (non-hydrogen) atoms. The average molecular weight is 452 g/mol. The first kappa shape index (κ1) is 20.1. The number of hydrogen-bond donors (Lipinski definition) is 0. The van der Waals surface area contributed by atoms with Gasteiger partial charge in [-0.1, -0.05) is 6.07 Å². The maximum absolute atomic E-state index is 13.1. The molecule has 1 aromatic carbocycles. The Bertz CT molecular complexity index is 1090. The van der Waals surface area contributed by atoms with Gasteiger partial charge in [-0.05, 0) is 35.7 Å². The molecule has 1 fully saturated rings. The highest BCUT2D eigenvalue weighted by atomic mass is 32.2. The summed E-state index contributed by atoms with van der Waals surface area (Å²) in [6.07, 6.45) is 0.201. The van der Waals surface area contributed by atoms with Gasteiger partial charge in [0.1, 0.15) is 10.8 Å². The largest absolute Gasteiger partial charge is 0.340 e. The minimum Gasteiger partial charge on any atom is -0.340 e. The zero-order chi connectivity index (χ0) is 20.4. The third-order valence-corrected chi connectivity index (χ3v) is 8.50. The van der Waals surface area contributed by atoms with E-state index < -0.39 is 15.8 Å². The van der Waals surface area contributed by atoms with E-state index >= 15 is 0 Å². The van der Waals surface area contributed by atoms with Crippen LogP contribution in [0.5, 0.6) is 0 Å². The highest BCUT2D eigenvalue weighted by molar-refractivity contribution is 7.89. The van der Waals surface area contributed by atoms with Crippen LogP contribution < -0.4 is 0 Å². The molecule has 0 bridgehead atoms. The van der Waals surface area contributed by atoms with Crippen LogP contribution in [0.4, 0.5) is 4.39 Å². The molecule has 1 saturated heterocycles. The van der Waals surface area contributed by atoms with Crippen LogP contribution in [-0.2, 0) is 21.2 Å². The minimum absolute atomic E-state index is 0.0576. The van der Waals surface area contributed by atoms with E-state index in [-0.39, 0.29) is 30.3 Å². The maximum Gasteiger partial charge on any atom is 0.243 e. The topological polar surface area (TPSA) is 70.6 Å². The first-order chi connectivity index (χ1) is 13.9. The predicted octanol–water partition coefficient (Wildman–Crippen LogP) is 3.09. The first-order valence-corrected chi connectivity index (χ1v) is 12.2. The van der Waals surface area contributed by atoms with Crippen molar-refractivity contribution in [1.82, 2.24) is 14.2 Å². The molecule has 4 rings (SSSR count). The summed E-state index contributed by atoms with van der Waals surface area (Å²) in [5, 5.41) is 4.78. The molecule has 6 nitrogen and oxygen atoms in total. The number of nitrogens with zero attached hydrogens (tertiary/aromatic N) is 3. The van der Waals surface area contributed by atoms with Gasteiger partial charge in [0, 0.05) is 31.6 Å². The fourth-order valence-electron chi connectivity index (χ4n) is 3.10. The van der Waals surface area contributed by atoms with Crippen LogP contribution in [0.3, 0.4) is 0 Å². The summed E-state index contributed by atoms with van der Waals surface area (Å²) in [6, 6.07) is 8.74. The second-order valence-electron chi connectivity index (χ2n) is 6.54. The second-order valence-corrected chi connectivity index (χ2v) is 10.3. The number of thiazole rings is 1. The van der Waals surface area contributed by atoms with Crippen LogP contribution in [-0.4, -0.2) is 54.7 Å². The second kappa shape index (κ2) is 8.31. The van der Waals surface area contributed by atoms with Gasteiger partial charge in [-0.3, -0.25) is 4.79 Å². The zero-order valence-electron chi connectivity index (χ0n) is 15.3. The number of piperazine rings is 1. The van der Waals surface area contributed by atoms with Crippen molar-refractivity contribution in [1.29, 1.82) is 0 Å². The van der Waals surface area contributed by atoms with Gasteiger partial charge in [-0.25, -0.2) is 17.8 Å². The number of carbonyl (C=O) groups is 1. The number of amides is 1. The molecule has 2 aromatic heterocycles.